The van der Waals surface area contributed by atoms with Crippen LogP contribution in [0.5, 0.6) is 0 Å². The van der Waals surface area contributed by atoms with Crippen LogP contribution in [-0.4, -0.2) is 90.4 Å². The van der Waals surface area contributed by atoms with E-state index in [1.54, 1.807) is 16.8 Å². The molecule has 2 fully saturated rings. The molecule has 0 saturated carbocycles. The van der Waals surface area contributed by atoms with Gasteiger partial charge in [-0.3, -0.25) is 24.6 Å². The number of benzene rings is 3. The predicted molar refractivity (Wildman–Crippen MR) is 220 cm³/mol. The SMILES string of the molecule is Cc1cccc(C)c1Nc1nn(C)c2nc(Nc3ccc4c(c3)CN(CC3CCN(C(=O)Nc5ccc6c(c5)CN(C5CCC(=O)NC5=O)C6=O)CC3)CC4)ncc12. The number of anilines is 5. The van der Waals surface area contributed by atoms with Crippen LogP contribution in [0.15, 0.2) is 60.8 Å². The largest absolute Gasteiger partial charge is 0.338 e. The van der Waals surface area contributed by atoms with Crippen molar-refractivity contribution in [3.05, 3.63) is 94.2 Å². The molecule has 58 heavy (non-hydrogen) atoms. The Hall–Kier alpha value is -6.35. The van der Waals surface area contributed by atoms with Gasteiger partial charge in [0.15, 0.2) is 11.5 Å². The summed E-state index contributed by atoms with van der Waals surface area (Å²) in [4.78, 5) is 65.8. The summed E-state index contributed by atoms with van der Waals surface area (Å²) in [6, 6.07) is 17.1. The van der Waals surface area contributed by atoms with Crippen LogP contribution < -0.4 is 21.3 Å². The summed E-state index contributed by atoms with van der Waals surface area (Å²) in [7, 11) is 1.89. The van der Waals surface area contributed by atoms with Gasteiger partial charge in [0.1, 0.15) is 6.04 Å². The molecule has 4 N–H and O–H groups in total. The number of piperidine rings is 2. The molecule has 15 nitrogen and oxygen atoms in total. The normalized spacial score (nSPS) is 18.6. The van der Waals surface area contributed by atoms with Gasteiger partial charge in [-0.2, -0.15) is 10.1 Å². The fourth-order valence-corrected chi connectivity index (χ4v) is 8.84. The average molecular weight is 782 g/mol. The van der Waals surface area contributed by atoms with E-state index in [4.69, 9.17) is 10.1 Å². The molecule has 9 rings (SSSR count). The number of rotatable bonds is 8. The number of para-hydroxylation sites is 1. The molecule has 0 radical (unpaired) electrons. The number of likely N-dealkylation sites (tertiary alicyclic amines) is 1. The molecule has 1 atom stereocenters. The number of carbonyl (C=O) groups excluding carboxylic acids is 4. The van der Waals surface area contributed by atoms with Gasteiger partial charge in [-0.15, -0.1) is 0 Å². The Morgan fingerprint density at radius 1 is 0.862 bits per heavy atom. The van der Waals surface area contributed by atoms with Crippen molar-refractivity contribution in [2.45, 2.75) is 65.1 Å². The number of urea groups is 1. The second kappa shape index (κ2) is 15.2. The Morgan fingerprint density at radius 2 is 1.64 bits per heavy atom. The molecule has 4 aliphatic rings. The highest BCUT2D eigenvalue weighted by molar-refractivity contribution is 6.05. The van der Waals surface area contributed by atoms with Crippen LogP contribution in [0, 0.1) is 19.8 Å². The van der Waals surface area contributed by atoms with Gasteiger partial charge in [-0.1, -0.05) is 24.3 Å². The van der Waals surface area contributed by atoms with Gasteiger partial charge in [0.25, 0.3) is 5.91 Å². The highest BCUT2D eigenvalue weighted by Crippen LogP contribution is 2.32. The van der Waals surface area contributed by atoms with E-state index in [1.807, 2.05) is 30.3 Å². The Bertz CT molecular complexity index is 2450. The number of fused-ring (bicyclic) bond motifs is 3. The first-order valence-electron chi connectivity index (χ1n) is 20.0. The van der Waals surface area contributed by atoms with Crippen LogP contribution in [0.1, 0.15) is 63.9 Å². The maximum absolute atomic E-state index is 13.3. The average Bonchev–Trinajstić information content (AvgIpc) is 3.70. The molecular formula is C43H47N11O4. The quantitative estimate of drug-likeness (QED) is 0.147. The van der Waals surface area contributed by atoms with Crippen LogP contribution in [-0.2, 0) is 36.1 Å². The van der Waals surface area contributed by atoms with Gasteiger partial charge in [-0.05, 0) is 104 Å². The lowest BCUT2D eigenvalue weighted by Gasteiger charge is -2.36. The smallest absolute Gasteiger partial charge is 0.321 e. The van der Waals surface area contributed by atoms with Gasteiger partial charge in [0.05, 0.1) is 5.39 Å². The first kappa shape index (κ1) is 37.2. The third kappa shape index (κ3) is 7.33. The zero-order chi connectivity index (χ0) is 40.1. The summed E-state index contributed by atoms with van der Waals surface area (Å²) >= 11 is 0. The highest BCUT2D eigenvalue weighted by Gasteiger charge is 2.39. The summed E-state index contributed by atoms with van der Waals surface area (Å²) in [5.41, 5.74) is 9.56. The molecule has 3 aromatic carbocycles. The topological polar surface area (TPSA) is 170 Å². The Labute approximate surface area is 336 Å². The standard InChI is InChI=1S/C43H47N11O4/c1-25-5-4-6-26(2)37(25)48-38-34-21-44-42(49-39(34)51(3)50-38)45-31-8-7-28-15-16-52(23-29(28)19-31)22-27-13-17-53(18-14-27)43(58)46-32-9-10-33-30(20-32)24-54(41(33)57)35-11-12-36(55)47-40(35)56/h4-10,19-21,27,35H,11-18,22-24H2,1-3H3,(H,46,58)(H,48,50)(H,44,45,49)(H,47,55,56). The van der Waals surface area contributed by atoms with E-state index >= 15 is 0 Å². The van der Waals surface area contributed by atoms with Crippen LogP contribution in [0.2, 0.25) is 0 Å². The van der Waals surface area contributed by atoms with Gasteiger partial charge in [0.2, 0.25) is 17.8 Å². The lowest BCUT2D eigenvalue weighted by Crippen LogP contribution is -2.52. The zero-order valence-corrected chi connectivity index (χ0v) is 33.0. The molecule has 5 amide bonds. The number of imide groups is 1. The fraction of sp³-hybridized carbons (Fsp3) is 0.372. The number of hydrogen-bond acceptors (Lipinski definition) is 10. The van der Waals surface area contributed by atoms with Crippen LogP contribution in [0.25, 0.3) is 11.0 Å². The van der Waals surface area contributed by atoms with Crippen LogP contribution >= 0.6 is 0 Å². The Balaban J connectivity index is 0.772. The summed E-state index contributed by atoms with van der Waals surface area (Å²) in [5.74, 6) is 0.740. The number of hydrogen-bond donors (Lipinski definition) is 4. The second-order valence-electron chi connectivity index (χ2n) is 16.0. The summed E-state index contributed by atoms with van der Waals surface area (Å²) in [6.07, 6.45) is 5.17. The predicted octanol–water partition coefficient (Wildman–Crippen LogP) is 5.53. The molecule has 0 bridgehead atoms. The maximum Gasteiger partial charge on any atom is 0.321 e. The van der Waals surface area contributed by atoms with Crippen molar-refractivity contribution in [2.24, 2.45) is 13.0 Å². The highest BCUT2D eigenvalue weighted by atomic mass is 16.2. The lowest BCUT2D eigenvalue weighted by atomic mass is 9.93. The number of aromatic nitrogens is 4. The van der Waals surface area contributed by atoms with Crippen LogP contribution in [0.3, 0.4) is 0 Å². The van der Waals surface area contributed by atoms with E-state index in [2.05, 4.69) is 75.3 Å². The number of nitrogens with one attached hydrogen (secondary N) is 4. The Morgan fingerprint density at radius 3 is 2.43 bits per heavy atom. The lowest BCUT2D eigenvalue weighted by molar-refractivity contribution is -0.136. The second-order valence-corrected chi connectivity index (χ2v) is 16.0. The molecule has 5 aromatic rings. The molecule has 298 valence electrons. The minimum Gasteiger partial charge on any atom is -0.338 e. The molecule has 0 aliphatic carbocycles. The molecule has 2 aromatic heterocycles. The first-order chi connectivity index (χ1) is 28.1. The van der Waals surface area contributed by atoms with Crippen molar-refractivity contribution in [3.8, 4) is 0 Å². The van der Waals surface area contributed by atoms with Crippen molar-refractivity contribution in [2.75, 3.05) is 42.1 Å². The van der Waals surface area contributed by atoms with E-state index in [-0.39, 0.29) is 30.8 Å². The van der Waals surface area contributed by atoms with E-state index in [0.29, 0.717) is 42.6 Å². The molecule has 2 saturated heterocycles. The zero-order valence-electron chi connectivity index (χ0n) is 33.0. The molecule has 0 spiro atoms. The van der Waals surface area contributed by atoms with E-state index < -0.39 is 11.9 Å². The van der Waals surface area contributed by atoms with Crippen molar-refractivity contribution < 1.29 is 19.2 Å². The van der Waals surface area contributed by atoms with Crippen molar-refractivity contribution in [1.82, 2.24) is 39.8 Å². The van der Waals surface area contributed by atoms with Gasteiger partial charge < -0.3 is 25.8 Å². The van der Waals surface area contributed by atoms with E-state index in [9.17, 15) is 19.2 Å². The molecular weight excluding hydrogens is 735 g/mol. The third-order valence-corrected chi connectivity index (χ3v) is 12.1. The summed E-state index contributed by atoms with van der Waals surface area (Å²) in [6.45, 7) is 8.61. The van der Waals surface area contributed by atoms with Crippen LogP contribution in [0.4, 0.5) is 33.6 Å². The van der Waals surface area contributed by atoms with Gasteiger partial charge >= 0.3 is 6.03 Å². The number of nitrogens with zero attached hydrogens (tertiary/aromatic N) is 7. The number of amides is 5. The summed E-state index contributed by atoms with van der Waals surface area (Å²) in [5, 5.41) is 17.8. The minimum absolute atomic E-state index is 0.155. The third-order valence-electron chi connectivity index (χ3n) is 12.1. The van der Waals surface area contributed by atoms with Crippen molar-refractivity contribution >= 4 is 63.6 Å². The summed E-state index contributed by atoms with van der Waals surface area (Å²) < 4.78 is 1.78. The van der Waals surface area contributed by atoms with Gasteiger partial charge in [-0.25, -0.2) is 14.5 Å². The molecule has 6 heterocycles. The van der Waals surface area contributed by atoms with E-state index in [1.165, 1.54) is 16.0 Å². The number of carbonyl (C=O) groups is 4. The monoisotopic (exact) mass is 781 g/mol. The minimum atomic E-state index is -0.673. The fourth-order valence-electron chi connectivity index (χ4n) is 8.84. The van der Waals surface area contributed by atoms with Gasteiger partial charge in [0, 0.05) is 81.6 Å². The van der Waals surface area contributed by atoms with Crippen molar-refractivity contribution in [3.63, 3.8) is 0 Å². The molecule has 1 unspecified atom stereocenters. The molecule has 15 heteroatoms. The van der Waals surface area contributed by atoms with Crippen molar-refractivity contribution in [1.29, 1.82) is 0 Å². The first-order valence-corrected chi connectivity index (χ1v) is 20.0. The maximum atomic E-state index is 13.3. The Kier molecular flexibility index (Phi) is 9.76. The van der Waals surface area contributed by atoms with E-state index in [0.717, 1.165) is 83.8 Å². The number of aryl methyl sites for hydroxylation is 3. The molecule has 4 aliphatic heterocycles.